The normalized spacial score (nSPS) is 19.1. The van der Waals surface area contributed by atoms with E-state index in [0.29, 0.717) is 12.1 Å². The third kappa shape index (κ3) is 2.48. The van der Waals surface area contributed by atoms with Crippen molar-refractivity contribution in [2.45, 2.75) is 31.8 Å². The quantitative estimate of drug-likeness (QED) is 0.898. The molecule has 0 bridgehead atoms. The molecule has 2 heterocycles. The number of fused-ring (bicyclic) bond motifs is 1. The fourth-order valence-corrected chi connectivity index (χ4v) is 4.10. The molecule has 0 fully saturated rings. The second-order valence-corrected chi connectivity index (χ2v) is 6.49. The van der Waals surface area contributed by atoms with Crippen LogP contribution in [0.15, 0.2) is 41.8 Å². The van der Waals surface area contributed by atoms with Gasteiger partial charge in [-0.1, -0.05) is 24.3 Å². The second-order valence-electron chi connectivity index (χ2n) is 5.51. The summed E-state index contributed by atoms with van der Waals surface area (Å²) in [5.74, 6) is 0. The molecule has 2 aromatic rings. The van der Waals surface area contributed by atoms with Gasteiger partial charge in [-0.2, -0.15) is 0 Å². The predicted octanol–water partition coefficient (Wildman–Crippen LogP) is 3.85. The van der Waals surface area contributed by atoms with Gasteiger partial charge in [0, 0.05) is 16.6 Å². The van der Waals surface area contributed by atoms with Crippen molar-refractivity contribution < 1.29 is 0 Å². The number of anilines is 1. The van der Waals surface area contributed by atoms with E-state index in [9.17, 15) is 0 Å². The summed E-state index contributed by atoms with van der Waals surface area (Å²) >= 11 is 1.88. The smallest absolute Gasteiger partial charge is 0.0650 e. The highest BCUT2D eigenvalue weighted by atomic mass is 32.1. The minimum absolute atomic E-state index is 0.487. The van der Waals surface area contributed by atoms with Gasteiger partial charge >= 0.3 is 0 Å². The predicted molar refractivity (Wildman–Crippen MR) is 87.7 cm³/mol. The van der Waals surface area contributed by atoms with Crippen molar-refractivity contribution in [2.24, 2.45) is 0 Å². The van der Waals surface area contributed by atoms with E-state index in [2.05, 4.69) is 58.9 Å². The van der Waals surface area contributed by atoms with Crippen molar-refractivity contribution in [3.63, 3.8) is 0 Å². The first-order chi connectivity index (χ1) is 9.81. The highest BCUT2D eigenvalue weighted by Crippen LogP contribution is 2.40. The fourth-order valence-electron chi connectivity index (χ4n) is 3.24. The van der Waals surface area contributed by atoms with Crippen LogP contribution < -0.4 is 10.2 Å². The van der Waals surface area contributed by atoms with E-state index >= 15 is 0 Å². The number of nitrogens with zero attached hydrogens (tertiary/aromatic N) is 1. The van der Waals surface area contributed by atoms with Gasteiger partial charge < -0.3 is 10.2 Å². The molecule has 3 rings (SSSR count). The van der Waals surface area contributed by atoms with Gasteiger partial charge in [-0.05, 0) is 56.4 Å². The number of para-hydroxylation sites is 1. The topological polar surface area (TPSA) is 15.3 Å². The summed E-state index contributed by atoms with van der Waals surface area (Å²) in [7, 11) is 2.03. The molecular weight excluding hydrogens is 264 g/mol. The van der Waals surface area contributed by atoms with Gasteiger partial charge in [0.1, 0.15) is 0 Å². The Morgan fingerprint density at radius 1 is 1.30 bits per heavy atom. The largest absolute Gasteiger partial charge is 0.360 e. The van der Waals surface area contributed by atoms with Gasteiger partial charge in [0.15, 0.2) is 0 Å². The van der Waals surface area contributed by atoms with Gasteiger partial charge in [0.25, 0.3) is 0 Å². The van der Waals surface area contributed by atoms with Crippen LogP contribution in [0.25, 0.3) is 0 Å². The molecular formula is C17H22N2S. The van der Waals surface area contributed by atoms with Crippen LogP contribution in [0.5, 0.6) is 0 Å². The summed E-state index contributed by atoms with van der Waals surface area (Å²) in [4.78, 5) is 4.10. The van der Waals surface area contributed by atoms with Gasteiger partial charge in [-0.25, -0.2) is 0 Å². The number of rotatable bonds is 5. The summed E-state index contributed by atoms with van der Waals surface area (Å²) in [6, 6.07) is 14.4. The maximum absolute atomic E-state index is 3.30. The zero-order valence-corrected chi connectivity index (χ0v) is 13.0. The van der Waals surface area contributed by atoms with Gasteiger partial charge in [-0.15, -0.1) is 11.3 Å². The molecule has 0 saturated heterocycles. The van der Waals surface area contributed by atoms with Crippen LogP contribution in [0, 0.1) is 0 Å². The van der Waals surface area contributed by atoms with Crippen LogP contribution in [-0.2, 0) is 6.42 Å². The average molecular weight is 286 g/mol. The summed E-state index contributed by atoms with van der Waals surface area (Å²) in [5.41, 5.74) is 2.92. The molecule has 0 radical (unpaired) electrons. The molecule has 0 aliphatic carbocycles. The van der Waals surface area contributed by atoms with Crippen LogP contribution in [0.1, 0.15) is 29.8 Å². The Morgan fingerprint density at radius 3 is 2.90 bits per heavy atom. The molecule has 0 spiro atoms. The first kappa shape index (κ1) is 13.7. The zero-order valence-electron chi connectivity index (χ0n) is 12.2. The minimum Gasteiger partial charge on any atom is -0.360 e. The van der Waals surface area contributed by atoms with E-state index in [-0.39, 0.29) is 0 Å². The highest BCUT2D eigenvalue weighted by molar-refractivity contribution is 7.10. The SMILES string of the molecule is CNCC[C@H](c1cccs1)N1c2ccccc2C[C@H]1C. The molecule has 1 aliphatic rings. The zero-order chi connectivity index (χ0) is 13.9. The number of benzene rings is 1. The minimum atomic E-state index is 0.487. The van der Waals surface area contributed by atoms with Crippen molar-refractivity contribution in [1.82, 2.24) is 5.32 Å². The van der Waals surface area contributed by atoms with Crippen LogP contribution in [0.2, 0.25) is 0 Å². The van der Waals surface area contributed by atoms with E-state index in [1.807, 2.05) is 18.4 Å². The van der Waals surface area contributed by atoms with E-state index < -0.39 is 0 Å². The van der Waals surface area contributed by atoms with E-state index in [1.165, 1.54) is 16.1 Å². The maximum atomic E-state index is 3.30. The summed E-state index contributed by atoms with van der Waals surface area (Å²) in [6.07, 6.45) is 2.31. The molecule has 2 atom stereocenters. The molecule has 0 saturated carbocycles. The molecule has 0 unspecified atom stereocenters. The third-order valence-electron chi connectivity index (χ3n) is 4.14. The number of nitrogens with one attached hydrogen (secondary N) is 1. The molecule has 106 valence electrons. The lowest BCUT2D eigenvalue weighted by atomic mass is 10.1. The lowest BCUT2D eigenvalue weighted by Crippen LogP contribution is -2.34. The maximum Gasteiger partial charge on any atom is 0.0650 e. The third-order valence-corrected chi connectivity index (χ3v) is 5.11. The molecule has 0 amide bonds. The average Bonchev–Trinajstić information content (AvgIpc) is 3.08. The Labute approximate surface area is 125 Å². The van der Waals surface area contributed by atoms with Crippen molar-refractivity contribution in [3.8, 4) is 0 Å². The Bertz CT molecular complexity index is 550. The summed E-state index contributed by atoms with van der Waals surface area (Å²) in [6.45, 7) is 3.40. The Morgan fingerprint density at radius 2 is 2.15 bits per heavy atom. The summed E-state index contributed by atoms with van der Waals surface area (Å²) in [5, 5.41) is 5.49. The Hall–Kier alpha value is -1.32. The fraction of sp³-hybridized carbons (Fsp3) is 0.412. The standard InChI is InChI=1S/C17H22N2S/c1-13-12-14-6-3-4-7-15(14)19(13)16(9-10-18-2)17-8-5-11-20-17/h3-8,11,13,16,18H,9-10,12H2,1-2H3/t13-,16-/m1/s1. The van der Waals surface area contributed by atoms with Crippen molar-refractivity contribution in [3.05, 3.63) is 52.2 Å². The van der Waals surface area contributed by atoms with E-state index in [1.54, 1.807) is 0 Å². The number of hydrogen-bond donors (Lipinski definition) is 1. The number of hydrogen-bond acceptors (Lipinski definition) is 3. The van der Waals surface area contributed by atoms with Crippen molar-refractivity contribution >= 4 is 17.0 Å². The van der Waals surface area contributed by atoms with Crippen LogP contribution >= 0.6 is 11.3 Å². The van der Waals surface area contributed by atoms with Crippen LogP contribution in [0.3, 0.4) is 0 Å². The number of thiophene rings is 1. The molecule has 3 heteroatoms. The molecule has 1 aromatic carbocycles. The molecule has 1 N–H and O–H groups in total. The monoisotopic (exact) mass is 286 g/mol. The lowest BCUT2D eigenvalue weighted by molar-refractivity contribution is 0.526. The van der Waals surface area contributed by atoms with Gasteiger partial charge in [-0.3, -0.25) is 0 Å². The Kier molecular flexibility index (Phi) is 4.08. The first-order valence-electron chi connectivity index (χ1n) is 7.35. The summed E-state index contributed by atoms with van der Waals surface area (Å²) < 4.78 is 0. The van der Waals surface area contributed by atoms with Gasteiger partial charge in [0.05, 0.1) is 6.04 Å². The second kappa shape index (κ2) is 5.98. The van der Waals surface area contributed by atoms with Crippen molar-refractivity contribution in [1.29, 1.82) is 0 Å². The van der Waals surface area contributed by atoms with E-state index in [4.69, 9.17) is 0 Å². The molecule has 20 heavy (non-hydrogen) atoms. The van der Waals surface area contributed by atoms with E-state index in [0.717, 1.165) is 19.4 Å². The molecule has 1 aliphatic heterocycles. The van der Waals surface area contributed by atoms with Crippen LogP contribution in [-0.4, -0.2) is 19.6 Å². The van der Waals surface area contributed by atoms with Gasteiger partial charge in [0.2, 0.25) is 0 Å². The molecule has 2 nitrogen and oxygen atoms in total. The van der Waals surface area contributed by atoms with Crippen molar-refractivity contribution in [2.75, 3.05) is 18.5 Å². The highest BCUT2D eigenvalue weighted by Gasteiger charge is 2.32. The lowest BCUT2D eigenvalue weighted by Gasteiger charge is -2.34. The first-order valence-corrected chi connectivity index (χ1v) is 8.23. The van der Waals surface area contributed by atoms with Crippen LogP contribution in [0.4, 0.5) is 5.69 Å². The Balaban J connectivity index is 1.94. The molecule has 1 aromatic heterocycles.